The van der Waals surface area contributed by atoms with E-state index in [1.807, 2.05) is 38.4 Å². The molecule has 0 unspecified atom stereocenters. The van der Waals surface area contributed by atoms with E-state index < -0.39 is 0 Å². The van der Waals surface area contributed by atoms with Crippen LogP contribution < -0.4 is 4.90 Å². The Morgan fingerprint density at radius 2 is 2.00 bits per heavy atom. The molecule has 3 aromatic rings. The first-order valence-electron chi connectivity index (χ1n) is 9.23. The van der Waals surface area contributed by atoms with E-state index in [4.69, 9.17) is 0 Å². The lowest BCUT2D eigenvalue weighted by Crippen LogP contribution is -2.33. The van der Waals surface area contributed by atoms with Crippen molar-refractivity contribution in [1.29, 1.82) is 0 Å². The normalized spacial score (nSPS) is 11.3. The fourth-order valence-electron chi connectivity index (χ4n) is 2.87. The van der Waals surface area contributed by atoms with Crippen LogP contribution in [0.15, 0.2) is 47.4 Å². The first kappa shape index (κ1) is 20.8. The van der Waals surface area contributed by atoms with E-state index >= 15 is 0 Å². The zero-order valence-corrected chi connectivity index (χ0v) is 17.9. The van der Waals surface area contributed by atoms with Crippen LogP contribution in [0.3, 0.4) is 0 Å². The van der Waals surface area contributed by atoms with E-state index in [2.05, 4.69) is 16.8 Å². The highest BCUT2D eigenvalue weighted by Crippen LogP contribution is 2.31. The molecule has 1 amide bonds. The van der Waals surface area contributed by atoms with Crippen LogP contribution in [0.4, 0.5) is 9.52 Å². The lowest BCUT2D eigenvalue weighted by atomic mass is 10.2. The van der Waals surface area contributed by atoms with Gasteiger partial charge in [-0.1, -0.05) is 24.3 Å². The number of fused-ring (bicyclic) bond motifs is 1. The Kier molecular flexibility index (Phi) is 7.04. The van der Waals surface area contributed by atoms with Gasteiger partial charge >= 0.3 is 0 Å². The number of halogens is 1. The SMILES string of the molecule is CCSc1cccc(C(=O)N(CCCN(C)C)c2nc3ccc(F)cc3s2)c1. The molecule has 0 fully saturated rings. The number of carbonyl (C=O) groups is 1. The number of nitrogens with zero attached hydrogens (tertiary/aromatic N) is 3. The Bertz CT molecular complexity index is 958. The number of anilines is 1. The number of thioether (sulfide) groups is 1. The van der Waals surface area contributed by atoms with Crippen molar-refractivity contribution in [2.75, 3.05) is 37.8 Å². The summed E-state index contributed by atoms with van der Waals surface area (Å²) in [5.74, 6) is 0.586. The second-order valence-electron chi connectivity index (χ2n) is 6.68. The molecule has 0 spiro atoms. The molecular formula is C21H24FN3OS2. The highest BCUT2D eigenvalue weighted by Gasteiger charge is 2.21. The Morgan fingerprint density at radius 1 is 1.18 bits per heavy atom. The van der Waals surface area contributed by atoms with Gasteiger partial charge in [0.15, 0.2) is 5.13 Å². The van der Waals surface area contributed by atoms with Gasteiger partial charge in [0.1, 0.15) is 5.82 Å². The van der Waals surface area contributed by atoms with Gasteiger partial charge in [0.2, 0.25) is 0 Å². The number of thiazole rings is 1. The lowest BCUT2D eigenvalue weighted by Gasteiger charge is -2.21. The molecule has 148 valence electrons. The first-order valence-corrected chi connectivity index (χ1v) is 11.0. The van der Waals surface area contributed by atoms with Crippen LogP contribution in [-0.2, 0) is 0 Å². The third-order valence-electron chi connectivity index (χ3n) is 4.19. The predicted octanol–water partition coefficient (Wildman–Crippen LogP) is 5.15. The standard InChI is InChI=1S/C21H24FN3OS2/c1-4-27-17-8-5-7-15(13-17)20(26)25(12-6-11-24(2)3)21-23-18-10-9-16(22)14-19(18)28-21/h5,7-10,13-14H,4,6,11-12H2,1-3H3. The van der Waals surface area contributed by atoms with Crippen molar-refractivity contribution in [3.05, 3.63) is 53.8 Å². The summed E-state index contributed by atoms with van der Waals surface area (Å²) in [5, 5.41) is 0.609. The predicted molar refractivity (Wildman–Crippen MR) is 117 cm³/mol. The van der Waals surface area contributed by atoms with E-state index in [0.717, 1.165) is 28.3 Å². The lowest BCUT2D eigenvalue weighted by molar-refractivity contribution is 0.0986. The molecule has 0 aliphatic rings. The van der Waals surface area contributed by atoms with E-state index in [0.29, 0.717) is 22.8 Å². The van der Waals surface area contributed by atoms with Crippen LogP contribution in [0.5, 0.6) is 0 Å². The van der Waals surface area contributed by atoms with Crippen LogP contribution in [0, 0.1) is 5.82 Å². The van der Waals surface area contributed by atoms with Crippen molar-refractivity contribution < 1.29 is 9.18 Å². The molecule has 1 aromatic heterocycles. The van der Waals surface area contributed by atoms with Crippen molar-refractivity contribution in [3.63, 3.8) is 0 Å². The van der Waals surface area contributed by atoms with Crippen molar-refractivity contribution in [2.24, 2.45) is 0 Å². The number of aromatic nitrogens is 1. The van der Waals surface area contributed by atoms with E-state index in [1.165, 1.54) is 23.5 Å². The largest absolute Gasteiger partial charge is 0.309 e. The zero-order valence-electron chi connectivity index (χ0n) is 16.3. The maximum atomic E-state index is 13.6. The molecule has 1 heterocycles. The Morgan fingerprint density at radius 3 is 2.75 bits per heavy atom. The van der Waals surface area contributed by atoms with Crippen LogP contribution in [0.2, 0.25) is 0 Å². The molecule has 3 rings (SSSR count). The molecular weight excluding hydrogens is 393 g/mol. The monoisotopic (exact) mass is 417 g/mol. The molecule has 0 N–H and O–H groups in total. The second kappa shape index (κ2) is 9.49. The van der Waals surface area contributed by atoms with Gasteiger partial charge in [-0.25, -0.2) is 9.37 Å². The number of amides is 1. The van der Waals surface area contributed by atoms with Crippen LogP contribution in [0.1, 0.15) is 23.7 Å². The van der Waals surface area contributed by atoms with Gasteiger partial charge in [-0.2, -0.15) is 0 Å². The minimum absolute atomic E-state index is 0.0724. The van der Waals surface area contributed by atoms with Gasteiger partial charge in [0.05, 0.1) is 10.2 Å². The Balaban J connectivity index is 1.93. The van der Waals surface area contributed by atoms with Gasteiger partial charge in [-0.3, -0.25) is 9.69 Å². The molecule has 0 aliphatic heterocycles. The van der Waals surface area contributed by atoms with Gasteiger partial charge in [-0.15, -0.1) is 11.8 Å². The molecule has 0 radical (unpaired) electrons. The summed E-state index contributed by atoms with van der Waals surface area (Å²) in [5.41, 5.74) is 1.36. The quantitative estimate of drug-likeness (QED) is 0.475. The third kappa shape index (κ3) is 5.10. The van der Waals surface area contributed by atoms with Crippen molar-refractivity contribution in [3.8, 4) is 0 Å². The topological polar surface area (TPSA) is 36.4 Å². The van der Waals surface area contributed by atoms with Gasteiger partial charge in [0.25, 0.3) is 5.91 Å². The summed E-state index contributed by atoms with van der Waals surface area (Å²) in [7, 11) is 4.02. The summed E-state index contributed by atoms with van der Waals surface area (Å²) >= 11 is 3.06. The Hall–Kier alpha value is -1.96. The fraction of sp³-hybridized carbons (Fsp3) is 0.333. The molecule has 0 aliphatic carbocycles. The van der Waals surface area contributed by atoms with E-state index in [-0.39, 0.29) is 11.7 Å². The van der Waals surface area contributed by atoms with Gasteiger partial charge < -0.3 is 4.90 Å². The number of hydrogen-bond donors (Lipinski definition) is 0. The molecule has 7 heteroatoms. The van der Waals surface area contributed by atoms with Gasteiger partial charge in [0, 0.05) is 17.0 Å². The Labute approximate surface area is 173 Å². The molecule has 0 saturated carbocycles. The summed E-state index contributed by atoms with van der Waals surface area (Å²) in [4.78, 5) is 22.8. The average molecular weight is 418 g/mol. The summed E-state index contributed by atoms with van der Waals surface area (Å²) < 4.78 is 14.3. The minimum atomic E-state index is -0.294. The molecule has 2 aromatic carbocycles. The maximum absolute atomic E-state index is 13.6. The summed E-state index contributed by atoms with van der Waals surface area (Å²) in [6.07, 6.45) is 0.826. The number of benzene rings is 2. The van der Waals surface area contributed by atoms with E-state index in [1.54, 1.807) is 22.7 Å². The fourth-order valence-corrected chi connectivity index (χ4v) is 4.61. The highest BCUT2D eigenvalue weighted by atomic mass is 32.2. The smallest absolute Gasteiger partial charge is 0.260 e. The van der Waals surface area contributed by atoms with Crippen molar-refractivity contribution in [2.45, 2.75) is 18.2 Å². The molecule has 0 atom stereocenters. The van der Waals surface area contributed by atoms with Crippen molar-refractivity contribution in [1.82, 2.24) is 9.88 Å². The molecule has 4 nitrogen and oxygen atoms in total. The average Bonchev–Trinajstić information content (AvgIpc) is 3.07. The minimum Gasteiger partial charge on any atom is -0.309 e. The van der Waals surface area contributed by atoms with Gasteiger partial charge in [-0.05, 0) is 69.2 Å². The third-order valence-corrected chi connectivity index (χ3v) is 6.11. The molecule has 0 bridgehead atoms. The summed E-state index contributed by atoms with van der Waals surface area (Å²) in [6, 6.07) is 12.2. The van der Waals surface area contributed by atoms with Crippen LogP contribution in [-0.4, -0.2) is 48.7 Å². The van der Waals surface area contributed by atoms with Crippen LogP contribution >= 0.6 is 23.1 Å². The number of carbonyl (C=O) groups excluding carboxylic acids is 1. The van der Waals surface area contributed by atoms with Crippen molar-refractivity contribution >= 4 is 44.4 Å². The maximum Gasteiger partial charge on any atom is 0.260 e. The molecule has 0 saturated heterocycles. The summed E-state index contributed by atoms with van der Waals surface area (Å²) in [6.45, 7) is 3.52. The molecule has 28 heavy (non-hydrogen) atoms. The second-order valence-corrected chi connectivity index (χ2v) is 9.03. The first-order chi connectivity index (χ1) is 13.5. The highest BCUT2D eigenvalue weighted by molar-refractivity contribution is 7.99. The van der Waals surface area contributed by atoms with E-state index in [9.17, 15) is 9.18 Å². The zero-order chi connectivity index (χ0) is 20.1. The van der Waals surface area contributed by atoms with Crippen LogP contribution in [0.25, 0.3) is 10.2 Å². The number of hydrogen-bond acceptors (Lipinski definition) is 5. The number of rotatable bonds is 8.